The maximum Gasteiger partial charge on any atom is 0.283 e. The predicted molar refractivity (Wildman–Crippen MR) is 143 cm³/mol. The van der Waals surface area contributed by atoms with Gasteiger partial charge in [0.2, 0.25) is 5.17 Å². The van der Waals surface area contributed by atoms with E-state index in [9.17, 15) is 4.79 Å². The zero-order valence-corrected chi connectivity index (χ0v) is 20.9. The average molecular weight is 542 g/mol. The molecule has 2 aliphatic heterocycles. The van der Waals surface area contributed by atoms with E-state index in [1.165, 1.54) is 16.8 Å². The van der Waals surface area contributed by atoms with Gasteiger partial charge in [-0.3, -0.25) is 10.2 Å². The first-order valence-corrected chi connectivity index (χ1v) is 12.3. The molecule has 2 heterocycles. The summed E-state index contributed by atoms with van der Waals surface area (Å²) >= 11 is 19.6. The van der Waals surface area contributed by atoms with Gasteiger partial charge in [-0.05, 0) is 53.7 Å². The first-order valence-electron chi connectivity index (χ1n) is 10.3. The Morgan fingerprint density at radius 2 is 1.77 bits per heavy atom. The largest absolute Gasteiger partial charge is 0.489 e. The van der Waals surface area contributed by atoms with Crippen LogP contribution < -0.4 is 4.74 Å². The summed E-state index contributed by atoms with van der Waals surface area (Å²) in [5.41, 5.74) is 2.39. The first kappa shape index (κ1) is 23.6. The van der Waals surface area contributed by atoms with Crippen molar-refractivity contribution in [3.63, 3.8) is 0 Å². The van der Waals surface area contributed by atoms with Gasteiger partial charge in [0.1, 0.15) is 17.4 Å². The van der Waals surface area contributed by atoms with Gasteiger partial charge in [0.15, 0.2) is 5.84 Å². The molecule has 0 spiro atoms. The fourth-order valence-electron chi connectivity index (χ4n) is 3.36. The highest BCUT2D eigenvalue weighted by atomic mass is 35.5. The highest BCUT2D eigenvalue weighted by molar-refractivity contribution is 8.27. The molecular weight excluding hydrogens is 527 g/mol. The summed E-state index contributed by atoms with van der Waals surface area (Å²) < 4.78 is 5.80. The Hall–Kier alpha value is -3.10. The molecule has 35 heavy (non-hydrogen) atoms. The van der Waals surface area contributed by atoms with Gasteiger partial charge in [0.05, 0.1) is 10.6 Å². The van der Waals surface area contributed by atoms with E-state index in [2.05, 4.69) is 10.1 Å². The third-order valence-electron chi connectivity index (χ3n) is 5.16. The summed E-state index contributed by atoms with van der Waals surface area (Å²) in [6.07, 6.45) is 1.61. The van der Waals surface area contributed by atoms with E-state index in [-0.39, 0.29) is 18.0 Å². The molecule has 3 aromatic rings. The van der Waals surface area contributed by atoms with Crippen molar-refractivity contribution in [1.29, 1.82) is 5.41 Å². The minimum Gasteiger partial charge on any atom is -0.489 e. The first-order chi connectivity index (χ1) is 16.9. The average Bonchev–Trinajstić information content (AvgIpc) is 3.26. The summed E-state index contributed by atoms with van der Waals surface area (Å²) in [6.45, 7) is 0.287. The molecule has 6 nitrogen and oxygen atoms in total. The lowest BCUT2D eigenvalue weighted by atomic mass is 10.1. The van der Waals surface area contributed by atoms with E-state index in [1.807, 2.05) is 24.3 Å². The second-order valence-electron chi connectivity index (χ2n) is 7.50. The van der Waals surface area contributed by atoms with Gasteiger partial charge in [-0.1, -0.05) is 71.2 Å². The molecule has 5 rings (SSSR count). The normalized spacial score (nSPS) is 16.3. The molecule has 0 fully saturated rings. The lowest BCUT2D eigenvalue weighted by Gasteiger charge is -2.20. The van der Waals surface area contributed by atoms with E-state index >= 15 is 0 Å². The van der Waals surface area contributed by atoms with Gasteiger partial charge < -0.3 is 4.74 Å². The third-order valence-corrected chi connectivity index (χ3v) is 7.02. The molecule has 0 aromatic heterocycles. The van der Waals surface area contributed by atoms with Crippen molar-refractivity contribution in [2.24, 2.45) is 10.1 Å². The van der Waals surface area contributed by atoms with Crippen LogP contribution in [0.1, 0.15) is 16.7 Å². The Balaban J connectivity index is 1.32. The van der Waals surface area contributed by atoms with Crippen LogP contribution in [0.4, 0.5) is 0 Å². The standard InChI is InChI=1S/C25H15Cl3N4O2S/c26-16-8-7-15(21(28)12-16)13-34-17-9-5-14(6-10-17)11-19-22(29)32-25(30-23(19)33)35-24(31-32)18-3-1-2-4-20(18)27/h1-12,29H,13H2/b19-11-,29-22?. The number of rotatable bonds is 5. The van der Waals surface area contributed by atoms with Crippen LogP contribution in [-0.4, -0.2) is 27.0 Å². The fourth-order valence-corrected chi connectivity index (χ4v) is 5.04. The van der Waals surface area contributed by atoms with Crippen LogP contribution in [0.2, 0.25) is 15.1 Å². The number of carbonyl (C=O) groups is 1. The van der Waals surface area contributed by atoms with Gasteiger partial charge in [0, 0.05) is 21.2 Å². The quantitative estimate of drug-likeness (QED) is 0.357. The van der Waals surface area contributed by atoms with Crippen molar-refractivity contribution in [3.8, 4) is 5.75 Å². The van der Waals surface area contributed by atoms with Crippen LogP contribution in [0.5, 0.6) is 5.75 Å². The zero-order valence-electron chi connectivity index (χ0n) is 17.8. The lowest BCUT2D eigenvalue weighted by Crippen LogP contribution is -2.35. The number of benzene rings is 3. The molecule has 1 amide bonds. The maximum atomic E-state index is 12.7. The van der Waals surface area contributed by atoms with Crippen molar-refractivity contribution in [3.05, 3.63) is 104 Å². The predicted octanol–water partition coefficient (Wildman–Crippen LogP) is 6.89. The number of fused-ring (bicyclic) bond motifs is 1. The highest BCUT2D eigenvalue weighted by Gasteiger charge is 2.36. The van der Waals surface area contributed by atoms with Crippen molar-refractivity contribution in [2.45, 2.75) is 6.61 Å². The zero-order chi connectivity index (χ0) is 24.5. The number of carbonyl (C=O) groups excluding carboxylic acids is 1. The summed E-state index contributed by atoms with van der Waals surface area (Å²) in [6, 6.07) is 19.7. The molecule has 0 saturated carbocycles. The van der Waals surface area contributed by atoms with E-state index in [0.717, 1.165) is 16.7 Å². The number of amides is 1. The Kier molecular flexibility index (Phi) is 6.67. The summed E-state index contributed by atoms with van der Waals surface area (Å²) in [5.74, 6) is 0.0859. The number of nitrogens with one attached hydrogen (secondary N) is 1. The van der Waals surface area contributed by atoms with E-state index in [0.29, 0.717) is 31.0 Å². The number of nitrogens with zero attached hydrogens (tertiary/aromatic N) is 3. The van der Waals surface area contributed by atoms with Crippen LogP contribution in [0.3, 0.4) is 0 Å². The van der Waals surface area contributed by atoms with Gasteiger partial charge in [0.25, 0.3) is 5.91 Å². The van der Waals surface area contributed by atoms with Crippen molar-refractivity contribution < 1.29 is 9.53 Å². The minimum atomic E-state index is -0.498. The van der Waals surface area contributed by atoms with Crippen LogP contribution in [0.25, 0.3) is 6.08 Å². The van der Waals surface area contributed by atoms with Gasteiger partial charge >= 0.3 is 0 Å². The van der Waals surface area contributed by atoms with Crippen LogP contribution >= 0.6 is 46.6 Å². The van der Waals surface area contributed by atoms with Gasteiger partial charge in [-0.25, -0.2) is 0 Å². The Morgan fingerprint density at radius 1 is 1.00 bits per heavy atom. The Morgan fingerprint density at radius 3 is 2.51 bits per heavy atom. The van der Waals surface area contributed by atoms with Crippen molar-refractivity contribution in [2.75, 3.05) is 0 Å². The number of hydrazone groups is 1. The monoisotopic (exact) mass is 540 g/mol. The fraction of sp³-hybridized carbons (Fsp3) is 0.0400. The minimum absolute atomic E-state index is 0.0488. The molecule has 10 heteroatoms. The van der Waals surface area contributed by atoms with Crippen LogP contribution in [0, 0.1) is 5.41 Å². The second-order valence-corrected chi connectivity index (χ2v) is 9.71. The number of amidine groups is 2. The topological polar surface area (TPSA) is 78.1 Å². The molecule has 174 valence electrons. The van der Waals surface area contributed by atoms with E-state index in [1.54, 1.807) is 48.5 Å². The number of halogens is 3. The molecule has 0 bridgehead atoms. The maximum absolute atomic E-state index is 12.7. The van der Waals surface area contributed by atoms with Crippen molar-refractivity contribution in [1.82, 2.24) is 5.01 Å². The number of aliphatic imine (C=N–C) groups is 1. The molecular formula is C25H15Cl3N4O2S. The van der Waals surface area contributed by atoms with Crippen molar-refractivity contribution >= 4 is 74.6 Å². The second kappa shape index (κ2) is 9.87. The molecule has 0 radical (unpaired) electrons. The van der Waals surface area contributed by atoms with Crippen LogP contribution in [0.15, 0.2) is 82.4 Å². The molecule has 2 aliphatic rings. The lowest BCUT2D eigenvalue weighted by molar-refractivity contribution is -0.114. The molecule has 1 N–H and O–H groups in total. The molecule has 0 unspecified atom stereocenters. The summed E-state index contributed by atoms with van der Waals surface area (Å²) in [4.78, 5) is 16.8. The third kappa shape index (κ3) is 4.99. The number of thioether (sulfide) groups is 1. The van der Waals surface area contributed by atoms with E-state index in [4.69, 9.17) is 44.9 Å². The smallest absolute Gasteiger partial charge is 0.283 e. The van der Waals surface area contributed by atoms with Crippen LogP contribution in [-0.2, 0) is 11.4 Å². The Labute approximate surface area is 220 Å². The molecule has 0 atom stereocenters. The van der Waals surface area contributed by atoms with Gasteiger partial charge in [-0.2, -0.15) is 15.1 Å². The number of ether oxygens (including phenoxy) is 1. The summed E-state index contributed by atoms with van der Waals surface area (Å²) in [7, 11) is 0. The molecule has 0 saturated heterocycles. The SMILES string of the molecule is N=C1/C(=C/c2ccc(OCc3ccc(Cl)cc3Cl)cc2)C(=O)N=C2SC(c3ccccc3Cl)=NN12. The highest BCUT2D eigenvalue weighted by Crippen LogP contribution is 2.33. The van der Waals surface area contributed by atoms with Gasteiger partial charge in [-0.15, -0.1) is 0 Å². The number of hydrogen-bond donors (Lipinski definition) is 1. The summed E-state index contributed by atoms with van der Waals surface area (Å²) in [5, 5.41) is 16.9. The number of hydrogen-bond acceptors (Lipinski definition) is 5. The Bertz CT molecular complexity index is 1450. The van der Waals surface area contributed by atoms with E-state index < -0.39 is 5.91 Å². The molecule has 3 aromatic carbocycles. The molecule has 0 aliphatic carbocycles.